The van der Waals surface area contributed by atoms with Crippen molar-refractivity contribution in [3.05, 3.63) is 52.3 Å². The summed E-state index contributed by atoms with van der Waals surface area (Å²) in [6.45, 7) is 4.83. The number of nitrogens with one attached hydrogen (secondary N) is 2. The first-order valence-electron chi connectivity index (χ1n) is 8.80. The number of halogens is 2. The van der Waals surface area contributed by atoms with Crippen molar-refractivity contribution in [3.8, 4) is 0 Å². The molecule has 0 aliphatic rings. The molecule has 1 atom stereocenters. The van der Waals surface area contributed by atoms with Crippen molar-refractivity contribution in [1.29, 1.82) is 0 Å². The number of aromatic nitrogens is 2. The lowest BCUT2D eigenvalue weighted by atomic mass is 10.0. The fraction of sp³-hybridized carbons (Fsp3) is 0.474. The van der Waals surface area contributed by atoms with Gasteiger partial charge < -0.3 is 15.5 Å². The van der Waals surface area contributed by atoms with Crippen LogP contribution in [0.25, 0.3) is 0 Å². The van der Waals surface area contributed by atoms with Crippen LogP contribution in [0.4, 0.5) is 8.78 Å². The lowest BCUT2D eigenvalue weighted by Crippen LogP contribution is -2.42. The predicted molar refractivity (Wildman–Crippen MR) is 104 cm³/mol. The molecule has 27 heavy (non-hydrogen) atoms. The van der Waals surface area contributed by atoms with E-state index in [0.29, 0.717) is 19.0 Å². The molecule has 0 bridgehead atoms. The highest BCUT2D eigenvalue weighted by molar-refractivity contribution is 5.79. The third-order valence-electron chi connectivity index (χ3n) is 4.73. The van der Waals surface area contributed by atoms with Crippen LogP contribution in [-0.2, 0) is 13.6 Å². The van der Waals surface area contributed by atoms with Gasteiger partial charge in [-0.15, -0.1) is 0 Å². The SMILES string of the molecule is CN=C(NCc1c(C)nn(C)c1C)NCC(c1c(F)cccc1F)N(C)C. The van der Waals surface area contributed by atoms with Crippen LogP contribution >= 0.6 is 0 Å². The molecule has 8 heteroatoms. The van der Waals surface area contributed by atoms with E-state index >= 15 is 0 Å². The van der Waals surface area contributed by atoms with Gasteiger partial charge in [-0.3, -0.25) is 9.67 Å². The number of likely N-dealkylation sites (N-methyl/N-ethyl adjacent to an activating group) is 1. The van der Waals surface area contributed by atoms with Crippen LogP contribution in [0.5, 0.6) is 0 Å². The topological polar surface area (TPSA) is 57.5 Å². The van der Waals surface area contributed by atoms with Gasteiger partial charge in [0, 0.05) is 44.0 Å². The Morgan fingerprint density at radius 2 is 1.85 bits per heavy atom. The third kappa shape index (κ3) is 4.82. The molecular formula is C19H28F2N6. The average molecular weight is 378 g/mol. The number of hydrogen-bond acceptors (Lipinski definition) is 3. The molecule has 2 rings (SSSR count). The molecule has 148 valence electrons. The molecule has 0 amide bonds. The van der Waals surface area contributed by atoms with Gasteiger partial charge >= 0.3 is 0 Å². The zero-order chi connectivity index (χ0) is 20.1. The zero-order valence-electron chi connectivity index (χ0n) is 16.8. The normalized spacial score (nSPS) is 13.1. The summed E-state index contributed by atoms with van der Waals surface area (Å²) >= 11 is 0. The summed E-state index contributed by atoms with van der Waals surface area (Å²) in [6.07, 6.45) is 0. The number of guanidine groups is 1. The van der Waals surface area contributed by atoms with Gasteiger partial charge in [0.2, 0.25) is 0 Å². The van der Waals surface area contributed by atoms with Gasteiger partial charge in [-0.2, -0.15) is 5.10 Å². The second kappa shape index (κ2) is 8.94. The van der Waals surface area contributed by atoms with Crippen molar-refractivity contribution < 1.29 is 8.78 Å². The van der Waals surface area contributed by atoms with E-state index in [1.165, 1.54) is 18.2 Å². The number of hydrogen-bond donors (Lipinski definition) is 2. The van der Waals surface area contributed by atoms with Crippen molar-refractivity contribution >= 4 is 5.96 Å². The van der Waals surface area contributed by atoms with E-state index in [0.717, 1.165) is 17.0 Å². The summed E-state index contributed by atoms with van der Waals surface area (Å²) in [5, 5.41) is 10.8. The van der Waals surface area contributed by atoms with Gasteiger partial charge in [0.15, 0.2) is 5.96 Å². The first-order valence-corrected chi connectivity index (χ1v) is 8.80. The molecule has 0 aliphatic carbocycles. The number of nitrogens with zero attached hydrogens (tertiary/aromatic N) is 4. The van der Waals surface area contributed by atoms with Crippen LogP contribution in [0.3, 0.4) is 0 Å². The van der Waals surface area contributed by atoms with E-state index in [1.54, 1.807) is 26.0 Å². The van der Waals surface area contributed by atoms with Crippen LogP contribution in [0.1, 0.15) is 28.6 Å². The van der Waals surface area contributed by atoms with E-state index in [4.69, 9.17) is 0 Å². The van der Waals surface area contributed by atoms with Gasteiger partial charge in [-0.25, -0.2) is 8.78 Å². The minimum atomic E-state index is -0.556. The second-order valence-electron chi connectivity index (χ2n) is 6.69. The molecule has 0 radical (unpaired) electrons. The quantitative estimate of drug-likeness (QED) is 0.598. The van der Waals surface area contributed by atoms with Gasteiger partial charge in [0.25, 0.3) is 0 Å². The highest BCUT2D eigenvalue weighted by Crippen LogP contribution is 2.23. The molecule has 0 spiro atoms. The van der Waals surface area contributed by atoms with Crippen molar-refractivity contribution in [2.45, 2.75) is 26.4 Å². The molecule has 1 aromatic carbocycles. The van der Waals surface area contributed by atoms with Crippen LogP contribution in [0, 0.1) is 25.5 Å². The summed E-state index contributed by atoms with van der Waals surface area (Å²) in [6, 6.07) is 3.44. The van der Waals surface area contributed by atoms with Crippen LogP contribution < -0.4 is 10.6 Å². The maximum atomic E-state index is 14.2. The maximum Gasteiger partial charge on any atom is 0.191 e. The van der Waals surface area contributed by atoms with E-state index in [1.807, 2.05) is 25.6 Å². The van der Waals surface area contributed by atoms with Gasteiger partial charge in [0.05, 0.1) is 11.7 Å². The molecule has 2 N–H and O–H groups in total. The van der Waals surface area contributed by atoms with Crippen LogP contribution in [0.2, 0.25) is 0 Å². The lowest BCUT2D eigenvalue weighted by Gasteiger charge is -2.26. The molecule has 0 fully saturated rings. The molecule has 1 heterocycles. The smallest absolute Gasteiger partial charge is 0.191 e. The zero-order valence-corrected chi connectivity index (χ0v) is 16.8. The summed E-state index contributed by atoms with van der Waals surface area (Å²) in [7, 11) is 7.14. The Morgan fingerprint density at radius 3 is 2.33 bits per heavy atom. The molecule has 0 saturated carbocycles. The largest absolute Gasteiger partial charge is 0.354 e. The van der Waals surface area contributed by atoms with Crippen molar-refractivity contribution in [3.63, 3.8) is 0 Å². The third-order valence-corrected chi connectivity index (χ3v) is 4.73. The Bertz CT molecular complexity index is 793. The lowest BCUT2D eigenvalue weighted by molar-refractivity contribution is 0.282. The Balaban J connectivity index is 2.07. The summed E-state index contributed by atoms with van der Waals surface area (Å²) in [4.78, 5) is 5.98. The minimum Gasteiger partial charge on any atom is -0.354 e. The fourth-order valence-corrected chi connectivity index (χ4v) is 3.03. The molecule has 6 nitrogen and oxygen atoms in total. The number of benzene rings is 1. The number of aliphatic imine (C=N–C) groups is 1. The Labute approximate surface area is 159 Å². The summed E-state index contributed by atoms with van der Waals surface area (Å²) in [5.41, 5.74) is 3.18. The summed E-state index contributed by atoms with van der Waals surface area (Å²) in [5.74, 6) is -0.554. The average Bonchev–Trinajstić information content (AvgIpc) is 2.85. The Kier molecular flexibility index (Phi) is 6.90. The fourth-order valence-electron chi connectivity index (χ4n) is 3.03. The standard InChI is InChI=1S/C19H28F2N6/c1-12-14(13(2)27(6)25-12)10-23-19(22-3)24-11-17(26(4)5)18-15(20)8-7-9-16(18)21/h7-9,17H,10-11H2,1-6H3,(H2,22,23,24). The van der Waals surface area contributed by atoms with Gasteiger partial charge in [0.1, 0.15) is 11.6 Å². The molecule has 0 aliphatic heterocycles. The predicted octanol–water partition coefficient (Wildman–Crippen LogP) is 2.28. The van der Waals surface area contributed by atoms with Crippen LogP contribution in [0.15, 0.2) is 23.2 Å². The Morgan fingerprint density at radius 1 is 1.22 bits per heavy atom. The van der Waals surface area contributed by atoms with E-state index < -0.39 is 17.7 Å². The first-order chi connectivity index (χ1) is 12.8. The van der Waals surface area contributed by atoms with Crippen LogP contribution in [-0.4, -0.2) is 48.3 Å². The molecular weight excluding hydrogens is 350 g/mol. The van der Waals surface area contributed by atoms with E-state index in [-0.39, 0.29) is 5.56 Å². The maximum absolute atomic E-state index is 14.2. The molecule has 1 unspecified atom stereocenters. The number of aryl methyl sites for hydroxylation is 2. The Hall–Kier alpha value is -2.48. The van der Waals surface area contributed by atoms with Crippen molar-refractivity contribution in [2.75, 3.05) is 27.7 Å². The summed E-state index contributed by atoms with van der Waals surface area (Å²) < 4.78 is 30.2. The van der Waals surface area contributed by atoms with Gasteiger partial charge in [-0.1, -0.05) is 6.07 Å². The highest BCUT2D eigenvalue weighted by Gasteiger charge is 2.22. The van der Waals surface area contributed by atoms with Crippen molar-refractivity contribution in [1.82, 2.24) is 25.3 Å². The molecule has 0 saturated heterocycles. The minimum absolute atomic E-state index is 0.0457. The van der Waals surface area contributed by atoms with E-state index in [9.17, 15) is 8.78 Å². The highest BCUT2D eigenvalue weighted by atomic mass is 19.1. The second-order valence-corrected chi connectivity index (χ2v) is 6.69. The first kappa shape index (κ1) is 20.8. The molecule has 2 aromatic rings. The monoisotopic (exact) mass is 378 g/mol. The van der Waals surface area contributed by atoms with E-state index in [2.05, 4.69) is 20.7 Å². The molecule has 1 aromatic heterocycles. The number of rotatable bonds is 6. The van der Waals surface area contributed by atoms with Gasteiger partial charge in [-0.05, 0) is 40.1 Å². The van der Waals surface area contributed by atoms with Crippen molar-refractivity contribution in [2.24, 2.45) is 12.0 Å².